The van der Waals surface area contributed by atoms with Crippen LogP contribution in [0.4, 0.5) is 0 Å². The zero-order valence-corrected chi connectivity index (χ0v) is 12.0. The second-order valence-corrected chi connectivity index (χ2v) is 4.56. The highest BCUT2D eigenvalue weighted by Crippen LogP contribution is 2.10. The van der Waals surface area contributed by atoms with Crippen LogP contribution >= 0.6 is 11.6 Å². The van der Waals surface area contributed by atoms with E-state index in [4.69, 9.17) is 21.4 Å². The number of carbonyl (C=O) groups excluding carboxylic acids is 2. The Labute approximate surface area is 122 Å². The zero-order valence-electron chi connectivity index (χ0n) is 11.3. The lowest BCUT2D eigenvalue weighted by Gasteiger charge is -2.14. The van der Waals surface area contributed by atoms with E-state index in [1.807, 2.05) is 0 Å². The Bertz CT molecular complexity index is 447. The molecule has 0 aromatic heterocycles. The molecule has 2 N–H and O–H groups in total. The molecule has 1 rings (SSSR count). The van der Waals surface area contributed by atoms with E-state index < -0.39 is 12.0 Å². The Morgan fingerprint density at radius 3 is 2.55 bits per heavy atom. The summed E-state index contributed by atoms with van der Waals surface area (Å²) in [6.45, 7) is 1.86. The maximum Gasteiger partial charge on any atom is 0.325 e. The summed E-state index contributed by atoms with van der Waals surface area (Å²) >= 11 is 5.74. The smallest absolute Gasteiger partial charge is 0.325 e. The van der Waals surface area contributed by atoms with Crippen molar-refractivity contribution < 1.29 is 19.4 Å². The van der Waals surface area contributed by atoms with Crippen molar-refractivity contribution >= 4 is 23.4 Å². The van der Waals surface area contributed by atoms with Gasteiger partial charge in [-0.15, -0.1) is 0 Å². The Morgan fingerprint density at radius 2 is 2.00 bits per heavy atom. The Morgan fingerprint density at radius 1 is 1.35 bits per heavy atom. The largest absolute Gasteiger partial charge is 0.465 e. The molecule has 20 heavy (non-hydrogen) atoms. The van der Waals surface area contributed by atoms with Crippen molar-refractivity contribution in [2.75, 3.05) is 19.8 Å². The highest BCUT2D eigenvalue weighted by molar-refractivity contribution is 6.30. The Balaban J connectivity index is 2.41. The van der Waals surface area contributed by atoms with Gasteiger partial charge in [0.1, 0.15) is 6.04 Å². The molecule has 0 fully saturated rings. The number of esters is 1. The predicted octanol–water partition coefficient (Wildman–Crippen LogP) is 1.43. The Kier molecular flexibility index (Phi) is 7.22. The average Bonchev–Trinajstić information content (AvgIpc) is 2.44. The van der Waals surface area contributed by atoms with Gasteiger partial charge in [-0.3, -0.25) is 9.59 Å². The summed E-state index contributed by atoms with van der Waals surface area (Å²) in [6, 6.07) is 5.81. The van der Waals surface area contributed by atoms with Crippen molar-refractivity contribution in [2.45, 2.75) is 19.4 Å². The molecule has 0 radical (unpaired) electrons. The van der Waals surface area contributed by atoms with Gasteiger partial charge in [-0.25, -0.2) is 0 Å². The van der Waals surface area contributed by atoms with Gasteiger partial charge in [-0.05, 0) is 31.2 Å². The molecule has 0 unspecified atom stereocenters. The van der Waals surface area contributed by atoms with Gasteiger partial charge in [0.2, 0.25) is 0 Å². The lowest BCUT2D eigenvalue weighted by Crippen LogP contribution is -2.41. The molecule has 0 amide bonds. The number of rotatable bonds is 8. The van der Waals surface area contributed by atoms with E-state index in [1.165, 1.54) is 0 Å². The van der Waals surface area contributed by atoms with Crippen LogP contribution in [0.1, 0.15) is 23.7 Å². The molecule has 0 aliphatic rings. The first kappa shape index (κ1) is 16.6. The molecule has 0 saturated heterocycles. The molecule has 1 atom stereocenters. The first-order valence-corrected chi connectivity index (χ1v) is 6.76. The molecule has 0 heterocycles. The third-order valence-electron chi connectivity index (χ3n) is 2.66. The van der Waals surface area contributed by atoms with Crippen molar-refractivity contribution in [3.05, 3.63) is 34.9 Å². The number of nitrogens with one attached hydrogen (secondary N) is 1. The normalized spacial score (nSPS) is 11.9. The maximum absolute atomic E-state index is 11.9. The Hall–Kier alpha value is -1.43. The topological polar surface area (TPSA) is 75.6 Å². The molecule has 0 bridgehead atoms. The van der Waals surface area contributed by atoms with Crippen LogP contribution < -0.4 is 5.32 Å². The fraction of sp³-hybridized carbons (Fsp3) is 0.429. The minimum atomic E-state index is -0.798. The summed E-state index contributed by atoms with van der Waals surface area (Å²) in [7, 11) is 0. The zero-order chi connectivity index (χ0) is 15.0. The van der Waals surface area contributed by atoms with Crippen molar-refractivity contribution in [2.24, 2.45) is 0 Å². The number of Topliss-reactive ketones (excluding diaryl/α,β-unsaturated/α-hetero) is 1. The molecular formula is C14H18ClNO4. The summed E-state index contributed by atoms with van der Waals surface area (Å²) < 4.78 is 4.79. The van der Waals surface area contributed by atoms with Crippen LogP contribution in [0, 0.1) is 0 Å². The number of aliphatic hydroxyl groups excluding tert-OH is 1. The van der Waals surface area contributed by atoms with Gasteiger partial charge < -0.3 is 15.2 Å². The molecule has 0 aliphatic carbocycles. The van der Waals surface area contributed by atoms with Crippen molar-refractivity contribution in [3.63, 3.8) is 0 Å². The number of hydrogen-bond acceptors (Lipinski definition) is 5. The first-order chi connectivity index (χ1) is 9.58. The first-order valence-electron chi connectivity index (χ1n) is 6.38. The summed E-state index contributed by atoms with van der Waals surface area (Å²) in [4.78, 5) is 23.3. The summed E-state index contributed by atoms with van der Waals surface area (Å²) in [6.07, 6.45) is 0.220. The van der Waals surface area contributed by atoms with Crippen LogP contribution in [0.5, 0.6) is 0 Å². The number of hydrogen-bond donors (Lipinski definition) is 2. The monoisotopic (exact) mass is 299 g/mol. The number of benzene rings is 1. The van der Waals surface area contributed by atoms with Crippen LogP contribution in [0.3, 0.4) is 0 Å². The predicted molar refractivity (Wildman–Crippen MR) is 75.9 cm³/mol. The van der Waals surface area contributed by atoms with E-state index in [-0.39, 0.29) is 32.0 Å². The minimum absolute atomic E-state index is 0.0604. The molecule has 1 aromatic rings. The number of aliphatic hydroxyl groups is 1. The molecule has 0 spiro atoms. The van der Waals surface area contributed by atoms with Crippen LogP contribution in [-0.4, -0.2) is 42.7 Å². The number of ketones is 1. The fourth-order valence-electron chi connectivity index (χ4n) is 1.61. The van der Waals surface area contributed by atoms with E-state index in [1.54, 1.807) is 31.2 Å². The van der Waals surface area contributed by atoms with Crippen molar-refractivity contribution in [3.8, 4) is 0 Å². The van der Waals surface area contributed by atoms with Crippen LogP contribution in [0.15, 0.2) is 24.3 Å². The standard InChI is InChI=1S/C14H18ClNO4/c1-2-20-14(19)12(9-17)16-8-7-13(18)10-3-5-11(15)6-4-10/h3-6,12,16-17H,2,7-9H2,1H3/t12-/m1/s1. The molecule has 1 aromatic carbocycles. The van der Waals surface area contributed by atoms with Crippen molar-refractivity contribution in [1.29, 1.82) is 0 Å². The molecule has 110 valence electrons. The highest BCUT2D eigenvalue weighted by Gasteiger charge is 2.18. The summed E-state index contributed by atoms with van der Waals surface area (Å²) in [5.41, 5.74) is 0.563. The molecular weight excluding hydrogens is 282 g/mol. The van der Waals surface area contributed by atoms with Gasteiger partial charge in [0.05, 0.1) is 13.2 Å². The molecule has 0 aliphatic heterocycles. The summed E-state index contributed by atoms with van der Waals surface area (Å²) in [5, 5.41) is 12.4. The van der Waals surface area contributed by atoms with E-state index in [0.717, 1.165) is 0 Å². The molecule has 5 nitrogen and oxygen atoms in total. The highest BCUT2D eigenvalue weighted by atomic mass is 35.5. The lowest BCUT2D eigenvalue weighted by molar-refractivity contribution is -0.146. The second kappa shape index (κ2) is 8.68. The average molecular weight is 300 g/mol. The molecule has 6 heteroatoms. The van der Waals surface area contributed by atoms with Crippen LogP contribution in [-0.2, 0) is 9.53 Å². The van der Waals surface area contributed by atoms with Gasteiger partial charge in [0, 0.05) is 23.6 Å². The van der Waals surface area contributed by atoms with Gasteiger partial charge in [0.15, 0.2) is 5.78 Å². The number of halogens is 1. The molecule has 0 saturated carbocycles. The second-order valence-electron chi connectivity index (χ2n) is 4.12. The fourth-order valence-corrected chi connectivity index (χ4v) is 1.73. The third-order valence-corrected chi connectivity index (χ3v) is 2.91. The quantitative estimate of drug-likeness (QED) is 0.561. The van der Waals surface area contributed by atoms with Gasteiger partial charge in [-0.2, -0.15) is 0 Å². The number of ether oxygens (including phenoxy) is 1. The third kappa shape index (κ3) is 5.28. The minimum Gasteiger partial charge on any atom is -0.465 e. The van der Waals surface area contributed by atoms with E-state index in [9.17, 15) is 9.59 Å². The number of carbonyl (C=O) groups is 2. The van der Waals surface area contributed by atoms with Crippen molar-refractivity contribution in [1.82, 2.24) is 5.32 Å². The van der Waals surface area contributed by atoms with Gasteiger partial charge in [-0.1, -0.05) is 11.6 Å². The maximum atomic E-state index is 11.9. The van der Waals surface area contributed by atoms with Crippen LogP contribution in [0.25, 0.3) is 0 Å². The van der Waals surface area contributed by atoms with Gasteiger partial charge in [0.25, 0.3) is 0 Å². The summed E-state index contributed by atoms with van der Waals surface area (Å²) in [5.74, 6) is -0.580. The van der Waals surface area contributed by atoms with Gasteiger partial charge >= 0.3 is 5.97 Å². The van der Waals surface area contributed by atoms with E-state index in [2.05, 4.69) is 5.32 Å². The van der Waals surface area contributed by atoms with E-state index in [0.29, 0.717) is 10.6 Å². The SMILES string of the molecule is CCOC(=O)[C@@H](CO)NCCC(=O)c1ccc(Cl)cc1. The van der Waals surface area contributed by atoms with E-state index >= 15 is 0 Å². The lowest BCUT2D eigenvalue weighted by atomic mass is 10.1. The van der Waals surface area contributed by atoms with Crippen LogP contribution in [0.2, 0.25) is 5.02 Å².